The Morgan fingerprint density at radius 1 is 1.58 bits per heavy atom. The van der Waals surface area contributed by atoms with E-state index in [0.29, 0.717) is 0 Å². The molecule has 1 aliphatic heterocycles. The molecule has 4 heteroatoms. The molecule has 1 aliphatic rings. The molecule has 2 heterocycles. The van der Waals surface area contributed by atoms with Crippen LogP contribution in [0.5, 0.6) is 0 Å². The Bertz CT molecular complexity index is 473. The van der Waals surface area contributed by atoms with Crippen molar-refractivity contribution >= 4 is 17.2 Å². The van der Waals surface area contributed by atoms with Crippen LogP contribution >= 0.6 is 11.3 Å². The third-order valence-electron chi connectivity index (χ3n) is 3.94. The Morgan fingerprint density at radius 2 is 2.26 bits per heavy atom. The maximum Gasteiger partial charge on any atom is 0.264 e. The van der Waals surface area contributed by atoms with Crippen molar-refractivity contribution in [3.63, 3.8) is 0 Å². The molecule has 0 radical (unpaired) electrons. The molecule has 0 saturated carbocycles. The van der Waals surface area contributed by atoms with E-state index in [1.165, 1.54) is 10.4 Å². The van der Waals surface area contributed by atoms with E-state index in [4.69, 9.17) is 0 Å². The number of likely N-dealkylation sites (tertiary alicyclic amines) is 1. The quantitative estimate of drug-likeness (QED) is 0.925. The van der Waals surface area contributed by atoms with E-state index in [9.17, 15) is 9.90 Å². The summed E-state index contributed by atoms with van der Waals surface area (Å²) >= 11 is 1.57. The first-order valence-electron chi connectivity index (χ1n) is 6.97. The molecule has 1 amide bonds. The van der Waals surface area contributed by atoms with E-state index in [-0.39, 0.29) is 11.9 Å². The molecule has 19 heavy (non-hydrogen) atoms. The van der Waals surface area contributed by atoms with Crippen LogP contribution in [0, 0.1) is 6.92 Å². The average Bonchev–Trinajstić information content (AvgIpc) is 2.93. The minimum atomic E-state index is -0.827. The van der Waals surface area contributed by atoms with Gasteiger partial charge in [0.1, 0.15) is 0 Å². The van der Waals surface area contributed by atoms with E-state index < -0.39 is 5.60 Å². The SMILES string of the molecule is CCc1cc(C(=O)N2CCCC2C(C)(C)O)sc1C. The van der Waals surface area contributed by atoms with Crippen molar-refractivity contribution in [2.75, 3.05) is 6.54 Å². The Morgan fingerprint density at radius 3 is 2.79 bits per heavy atom. The zero-order chi connectivity index (χ0) is 14.2. The number of rotatable bonds is 3. The van der Waals surface area contributed by atoms with Crippen molar-refractivity contribution in [1.82, 2.24) is 4.90 Å². The molecule has 1 aromatic heterocycles. The molecule has 106 valence electrons. The lowest BCUT2D eigenvalue weighted by molar-refractivity contribution is 0.000519. The monoisotopic (exact) mass is 281 g/mol. The zero-order valence-electron chi connectivity index (χ0n) is 12.2. The van der Waals surface area contributed by atoms with Gasteiger partial charge >= 0.3 is 0 Å². The topological polar surface area (TPSA) is 40.5 Å². The van der Waals surface area contributed by atoms with Crippen LogP contribution in [0.2, 0.25) is 0 Å². The van der Waals surface area contributed by atoms with Gasteiger partial charge in [-0.05, 0) is 51.7 Å². The molecular formula is C15H23NO2S. The number of thiophene rings is 1. The number of hydrogen-bond acceptors (Lipinski definition) is 3. The van der Waals surface area contributed by atoms with Crippen molar-refractivity contribution in [2.45, 2.75) is 58.6 Å². The number of hydrogen-bond donors (Lipinski definition) is 1. The van der Waals surface area contributed by atoms with Gasteiger partial charge in [0.2, 0.25) is 0 Å². The van der Waals surface area contributed by atoms with Crippen LogP contribution in [-0.4, -0.2) is 34.1 Å². The number of aryl methyl sites for hydroxylation is 2. The standard InChI is InChI=1S/C15H23NO2S/c1-5-11-9-12(19-10(11)2)14(17)16-8-6-7-13(16)15(3,4)18/h9,13,18H,5-8H2,1-4H3. The lowest BCUT2D eigenvalue weighted by Gasteiger charge is -2.33. The second-order valence-corrected chi connectivity index (χ2v) is 7.11. The number of carbonyl (C=O) groups is 1. The van der Waals surface area contributed by atoms with Gasteiger partial charge in [-0.25, -0.2) is 0 Å². The van der Waals surface area contributed by atoms with Gasteiger partial charge in [0.25, 0.3) is 5.91 Å². The van der Waals surface area contributed by atoms with Gasteiger partial charge in [0.05, 0.1) is 16.5 Å². The van der Waals surface area contributed by atoms with Crippen molar-refractivity contribution < 1.29 is 9.90 Å². The highest BCUT2D eigenvalue weighted by atomic mass is 32.1. The molecule has 0 bridgehead atoms. The number of aliphatic hydroxyl groups is 1. The number of carbonyl (C=O) groups excluding carboxylic acids is 1. The fourth-order valence-electron chi connectivity index (χ4n) is 2.86. The Kier molecular flexibility index (Phi) is 4.02. The second kappa shape index (κ2) is 5.25. The van der Waals surface area contributed by atoms with Crippen LogP contribution in [0.25, 0.3) is 0 Å². The third kappa shape index (κ3) is 2.84. The van der Waals surface area contributed by atoms with Gasteiger partial charge in [-0.1, -0.05) is 6.92 Å². The number of amides is 1. The molecule has 1 saturated heterocycles. The van der Waals surface area contributed by atoms with Crippen LogP contribution < -0.4 is 0 Å². The van der Waals surface area contributed by atoms with Gasteiger partial charge in [-0.15, -0.1) is 11.3 Å². The molecule has 2 rings (SSSR count). The first kappa shape index (κ1) is 14.5. The molecule has 1 fully saturated rings. The molecule has 3 nitrogen and oxygen atoms in total. The molecule has 1 unspecified atom stereocenters. The smallest absolute Gasteiger partial charge is 0.264 e. The second-order valence-electron chi connectivity index (χ2n) is 5.86. The minimum absolute atomic E-state index is 0.0625. The summed E-state index contributed by atoms with van der Waals surface area (Å²) in [6.45, 7) is 8.52. The van der Waals surface area contributed by atoms with Gasteiger partial charge in [-0.3, -0.25) is 4.79 Å². The molecular weight excluding hydrogens is 258 g/mol. The average molecular weight is 281 g/mol. The largest absolute Gasteiger partial charge is 0.388 e. The van der Waals surface area contributed by atoms with Gasteiger partial charge in [0, 0.05) is 11.4 Å². The molecule has 0 aromatic carbocycles. The van der Waals surface area contributed by atoms with Crippen LogP contribution in [0.15, 0.2) is 6.07 Å². The van der Waals surface area contributed by atoms with Gasteiger partial charge < -0.3 is 10.0 Å². The highest BCUT2D eigenvalue weighted by Crippen LogP contribution is 2.31. The maximum atomic E-state index is 12.6. The van der Waals surface area contributed by atoms with Crippen molar-refractivity contribution in [2.24, 2.45) is 0 Å². The van der Waals surface area contributed by atoms with Crippen molar-refractivity contribution in [3.05, 3.63) is 21.4 Å². The molecule has 1 atom stereocenters. The zero-order valence-corrected chi connectivity index (χ0v) is 13.0. The lowest BCUT2D eigenvalue weighted by atomic mass is 9.96. The van der Waals surface area contributed by atoms with E-state index in [0.717, 1.165) is 30.7 Å². The summed E-state index contributed by atoms with van der Waals surface area (Å²) in [6, 6.07) is 1.95. The first-order valence-corrected chi connectivity index (χ1v) is 7.79. The van der Waals surface area contributed by atoms with E-state index in [1.54, 1.807) is 25.2 Å². The maximum absolute atomic E-state index is 12.6. The van der Waals surface area contributed by atoms with Gasteiger partial charge in [-0.2, -0.15) is 0 Å². The summed E-state index contributed by atoms with van der Waals surface area (Å²) in [5, 5.41) is 10.2. The van der Waals surface area contributed by atoms with Crippen LogP contribution in [-0.2, 0) is 6.42 Å². The fraction of sp³-hybridized carbons (Fsp3) is 0.667. The lowest BCUT2D eigenvalue weighted by Crippen LogP contribution is -2.48. The Hall–Kier alpha value is -0.870. The van der Waals surface area contributed by atoms with E-state index >= 15 is 0 Å². The predicted molar refractivity (Wildman–Crippen MR) is 78.8 cm³/mol. The van der Waals surface area contributed by atoms with Gasteiger partial charge in [0.15, 0.2) is 0 Å². The Labute approximate surface area is 119 Å². The van der Waals surface area contributed by atoms with Crippen molar-refractivity contribution in [1.29, 1.82) is 0 Å². The van der Waals surface area contributed by atoms with Crippen LogP contribution in [0.1, 0.15) is 53.7 Å². The highest BCUT2D eigenvalue weighted by molar-refractivity contribution is 7.14. The summed E-state index contributed by atoms with van der Waals surface area (Å²) in [6.07, 6.45) is 2.83. The molecule has 0 aliphatic carbocycles. The summed E-state index contributed by atoms with van der Waals surface area (Å²) in [7, 11) is 0. The highest BCUT2D eigenvalue weighted by Gasteiger charge is 2.39. The first-order chi connectivity index (χ1) is 8.84. The predicted octanol–water partition coefficient (Wildman–Crippen LogP) is 2.99. The molecule has 0 spiro atoms. The van der Waals surface area contributed by atoms with Crippen LogP contribution in [0.4, 0.5) is 0 Å². The summed E-state index contributed by atoms with van der Waals surface area (Å²) in [5.41, 5.74) is 0.429. The minimum Gasteiger partial charge on any atom is -0.388 e. The number of nitrogens with zero attached hydrogens (tertiary/aromatic N) is 1. The Balaban J connectivity index is 2.23. The fourth-order valence-corrected chi connectivity index (χ4v) is 3.93. The third-order valence-corrected chi connectivity index (χ3v) is 5.02. The van der Waals surface area contributed by atoms with Crippen molar-refractivity contribution in [3.8, 4) is 0 Å². The summed E-state index contributed by atoms with van der Waals surface area (Å²) < 4.78 is 0. The summed E-state index contributed by atoms with van der Waals surface area (Å²) in [5.74, 6) is 0.0809. The molecule has 1 aromatic rings. The van der Waals surface area contributed by atoms with E-state index in [1.807, 2.05) is 11.0 Å². The van der Waals surface area contributed by atoms with E-state index in [2.05, 4.69) is 13.8 Å². The summed E-state index contributed by atoms with van der Waals surface area (Å²) in [4.78, 5) is 16.5. The van der Waals surface area contributed by atoms with Crippen LogP contribution in [0.3, 0.4) is 0 Å². The molecule has 1 N–H and O–H groups in total. The normalized spacial score (nSPS) is 20.1.